The number of nitrogens with zero attached hydrogens (tertiary/aromatic N) is 1. The molecule has 254 valence electrons. The number of halogens is 1. The van der Waals surface area contributed by atoms with Crippen molar-refractivity contribution >= 4 is 34.4 Å². The molecule has 0 bridgehead atoms. The third-order valence-electron chi connectivity index (χ3n) is 9.83. The van der Waals surface area contributed by atoms with E-state index in [2.05, 4.69) is 36.3 Å². The average molecular weight is 664 g/mol. The van der Waals surface area contributed by atoms with Crippen LogP contribution in [0.4, 0.5) is 0 Å². The second-order valence-electron chi connectivity index (χ2n) is 14.4. The van der Waals surface area contributed by atoms with E-state index < -0.39 is 5.91 Å². The number of benzene rings is 2. The fourth-order valence-corrected chi connectivity index (χ4v) is 7.47. The van der Waals surface area contributed by atoms with Crippen molar-refractivity contribution < 1.29 is 18.7 Å². The molecule has 0 unspecified atom stereocenters. The minimum Gasteiger partial charge on any atom is -0.494 e. The number of fused-ring (bicyclic) bond motifs is 1. The quantitative estimate of drug-likeness (QED) is 0.226. The van der Waals surface area contributed by atoms with Crippen molar-refractivity contribution in [3.05, 3.63) is 75.1 Å². The molecular formula is C38H50ClN3O5. The fourth-order valence-electron chi connectivity index (χ4n) is 7.35. The number of carbonyl (C=O) groups is 2. The Hall–Kier alpha value is -3.36. The fraction of sp³-hybridized carbons (Fsp3) is 0.553. The predicted molar refractivity (Wildman–Crippen MR) is 187 cm³/mol. The lowest BCUT2D eigenvalue weighted by Gasteiger charge is -2.47. The molecule has 2 heterocycles. The third kappa shape index (κ3) is 8.96. The van der Waals surface area contributed by atoms with Crippen molar-refractivity contribution in [2.45, 2.75) is 97.1 Å². The molecule has 2 fully saturated rings. The third-order valence-corrected chi connectivity index (χ3v) is 10.1. The molecule has 1 saturated carbocycles. The molecule has 1 aliphatic heterocycles. The van der Waals surface area contributed by atoms with Crippen LogP contribution in [0.3, 0.4) is 0 Å². The number of ether oxygens (including phenoxy) is 1. The standard InChI is InChI=1S/C38H50ClN3O5/c1-5-46-30-15-16-33-31(24-30)32(43)25-34(47-33)35(44)40-29(23-26-11-13-28(39)14-12-26)17-20-42-21-18-38(19-22-42,27-9-7-6-8-10-27)36(45)41-37(2,3)4/h11-16,24-25,27,29H,5-10,17-23H2,1-4H3,(H,40,44)(H,41,45)/t29-/m1/s1. The monoisotopic (exact) mass is 663 g/mol. The van der Waals surface area contributed by atoms with Gasteiger partial charge in [-0.3, -0.25) is 14.4 Å². The molecule has 47 heavy (non-hydrogen) atoms. The van der Waals surface area contributed by atoms with E-state index in [1.807, 2.05) is 31.2 Å². The normalized spacial score (nSPS) is 18.1. The van der Waals surface area contributed by atoms with E-state index in [0.29, 0.717) is 47.1 Å². The molecule has 5 rings (SSSR count). The second-order valence-corrected chi connectivity index (χ2v) is 14.8. The van der Waals surface area contributed by atoms with E-state index in [1.54, 1.807) is 18.2 Å². The lowest BCUT2D eigenvalue weighted by atomic mass is 9.63. The van der Waals surface area contributed by atoms with Gasteiger partial charge < -0.3 is 24.7 Å². The Balaban J connectivity index is 1.28. The SMILES string of the molecule is CCOc1ccc2oc(C(=O)N[C@H](CCN3CCC(C(=O)NC(C)(C)C)(C4CCCCC4)CC3)Cc3ccc(Cl)cc3)cc(=O)c2c1. The number of likely N-dealkylation sites (tertiary alicyclic amines) is 1. The number of hydrogen-bond acceptors (Lipinski definition) is 6. The first-order valence-electron chi connectivity index (χ1n) is 17.3. The molecular weight excluding hydrogens is 614 g/mol. The molecule has 2 N–H and O–H groups in total. The van der Waals surface area contributed by atoms with Crippen LogP contribution in [-0.2, 0) is 11.2 Å². The highest BCUT2D eigenvalue weighted by Crippen LogP contribution is 2.46. The van der Waals surface area contributed by atoms with Gasteiger partial charge in [-0.2, -0.15) is 0 Å². The molecule has 9 heteroatoms. The van der Waals surface area contributed by atoms with E-state index in [-0.39, 0.29) is 34.1 Å². The highest BCUT2D eigenvalue weighted by molar-refractivity contribution is 6.30. The Bertz CT molecular complexity index is 1580. The first kappa shape index (κ1) is 35.0. The summed E-state index contributed by atoms with van der Waals surface area (Å²) in [6.07, 6.45) is 8.94. The van der Waals surface area contributed by atoms with E-state index >= 15 is 0 Å². The van der Waals surface area contributed by atoms with Crippen LogP contribution in [-0.4, -0.2) is 54.5 Å². The van der Waals surface area contributed by atoms with E-state index in [1.165, 1.54) is 25.3 Å². The molecule has 2 aromatic carbocycles. The molecule has 2 amide bonds. The number of hydrogen-bond donors (Lipinski definition) is 2. The molecule has 1 aromatic heterocycles. The maximum absolute atomic E-state index is 13.8. The Morgan fingerprint density at radius 2 is 1.74 bits per heavy atom. The molecule has 3 aromatic rings. The summed E-state index contributed by atoms with van der Waals surface area (Å²) in [5.74, 6) is 0.782. The van der Waals surface area contributed by atoms with E-state index in [9.17, 15) is 14.4 Å². The first-order valence-corrected chi connectivity index (χ1v) is 17.6. The number of rotatable bonds is 11. The summed E-state index contributed by atoms with van der Waals surface area (Å²) < 4.78 is 11.4. The largest absolute Gasteiger partial charge is 0.494 e. The molecule has 1 aliphatic carbocycles. The van der Waals surface area contributed by atoms with Crippen molar-refractivity contribution in [1.82, 2.24) is 15.5 Å². The summed E-state index contributed by atoms with van der Waals surface area (Å²) in [7, 11) is 0. The molecule has 1 atom stereocenters. The Labute approximate surface area is 283 Å². The average Bonchev–Trinajstić information content (AvgIpc) is 3.05. The van der Waals surface area contributed by atoms with Crippen LogP contribution in [0.25, 0.3) is 11.0 Å². The van der Waals surface area contributed by atoms with Crippen LogP contribution in [0.15, 0.2) is 57.7 Å². The number of carbonyl (C=O) groups excluding carboxylic acids is 2. The molecule has 1 saturated heterocycles. The predicted octanol–water partition coefficient (Wildman–Crippen LogP) is 7.15. The van der Waals surface area contributed by atoms with Crippen molar-refractivity contribution in [3.8, 4) is 5.75 Å². The van der Waals surface area contributed by atoms with Gasteiger partial charge in [-0.25, -0.2) is 0 Å². The smallest absolute Gasteiger partial charge is 0.287 e. The van der Waals surface area contributed by atoms with E-state index in [4.69, 9.17) is 20.8 Å². The van der Waals surface area contributed by atoms with Crippen molar-refractivity contribution in [3.63, 3.8) is 0 Å². The van der Waals surface area contributed by atoms with Gasteiger partial charge in [0.15, 0.2) is 11.2 Å². The Kier molecular flexibility index (Phi) is 11.3. The molecule has 0 radical (unpaired) electrons. The highest BCUT2D eigenvalue weighted by atomic mass is 35.5. The van der Waals surface area contributed by atoms with Crippen molar-refractivity contribution in [1.29, 1.82) is 0 Å². The summed E-state index contributed by atoms with van der Waals surface area (Å²) >= 11 is 6.15. The number of amides is 2. The highest BCUT2D eigenvalue weighted by Gasteiger charge is 2.48. The van der Waals surface area contributed by atoms with Gasteiger partial charge in [-0.05, 0) is 121 Å². The van der Waals surface area contributed by atoms with Crippen molar-refractivity contribution in [2.75, 3.05) is 26.2 Å². The zero-order valence-corrected chi connectivity index (χ0v) is 29.1. The van der Waals surface area contributed by atoms with Gasteiger partial charge in [-0.1, -0.05) is 43.0 Å². The summed E-state index contributed by atoms with van der Waals surface area (Å²) in [6, 6.07) is 13.7. The topological polar surface area (TPSA) is 101 Å². The number of nitrogens with one attached hydrogen (secondary N) is 2. The zero-order valence-electron chi connectivity index (χ0n) is 28.3. The lowest BCUT2D eigenvalue weighted by molar-refractivity contribution is -0.141. The van der Waals surface area contributed by atoms with Gasteiger partial charge in [0, 0.05) is 29.2 Å². The Morgan fingerprint density at radius 1 is 1.04 bits per heavy atom. The second kappa shape index (κ2) is 15.2. The molecule has 2 aliphatic rings. The minimum absolute atomic E-state index is 0.0205. The van der Waals surface area contributed by atoms with Gasteiger partial charge in [0.2, 0.25) is 5.91 Å². The van der Waals surface area contributed by atoms with Crippen LogP contribution < -0.4 is 20.8 Å². The molecule has 8 nitrogen and oxygen atoms in total. The van der Waals surface area contributed by atoms with Crippen molar-refractivity contribution in [2.24, 2.45) is 11.3 Å². The van der Waals surface area contributed by atoms with Gasteiger partial charge >= 0.3 is 0 Å². The first-order chi connectivity index (χ1) is 22.5. The van der Waals surface area contributed by atoms with Crippen LogP contribution in [0, 0.1) is 11.3 Å². The number of piperidine rings is 1. The maximum atomic E-state index is 13.8. The summed E-state index contributed by atoms with van der Waals surface area (Å²) in [5.41, 5.74) is 0.512. The van der Waals surface area contributed by atoms with Crippen LogP contribution in [0.2, 0.25) is 5.02 Å². The van der Waals surface area contributed by atoms with Gasteiger partial charge in [0.05, 0.1) is 17.4 Å². The van der Waals surface area contributed by atoms with Crippen LogP contribution >= 0.6 is 11.6 Å². The maximum Gasteiger partial charge on any atom is 0.287 e. The summed E-state index contributed by atoms with van der Waals surface area (Å²) in [6.45, 7) is 11.0. The summed E-state index contributed by atoms with van der Waals surface area (Å²) in [4.78, 5) is 42.7. The van der Waals surface area contributed by atoms with E-state index in [0.717, 1.165) is 50.9 Å². The van der Waals surface area contributed by atoms with Gasteiger partial charge in [-0.15, -0.1) is 0 Å². The van der Waals surface area contributed by atoms with Gasteiger partial charge in [0.25, 0.3) is 5.91 Å². The minimum atomic E-state index is -0.425. The van der Waals surface area contributed by atoms with Gasteiger partial charge in [0.1, 0.15) is 11.3 Å². The zero-order chi connectivity index (χ0) is 33.6. The molecule has 0 spiro atoms. The Morgan fingerprint density at radius 3 is 2.40 bits per heavy atom. The lowest BCUT2D eigenvalue weighted by Crippen LogP contribution is -2.56. The summed E-state index contributed by atoms with van der Waals surface area (Å²) in [5, 5.41) is 7.51. The van der Waals surface area contributed by atoms with Crippen LogP contribution in [0.5, 0.6) is 5.75 Å². The van der Waals surface area contributed by atoms with Crippen LogP contribution in [0.1, 0.15) is 95.2 Å².